The number of methoxy groups -OCH3 is 1. The molecule has 0 aliphatic rings. The lowest BCUT2D eigenvalue weighted by molar-refractivity contribution is -0.115. The Bertz CT molecular complexity index is 722. The van der Waals surface area contributed by atoms with Gasteiger partial charge in [0.25, 0.3) is 5.91 Å². The van der Waals surface area contributed by atoms with Crippen molar-refractivity contribution in [1.29, 1.82) is 0 Å². The molecule has 132 valence electrons. The van der Waals surface area contributed by atoms with E-state index in [0.29, 0.717) is 30.1 Å². The molecule has 5 heteroatoms. The van der Waals surface area contributed by atoms with Crippen molar-refractivity contribution >= 4 is 17.5 Å². The van der Waals surface area contributed by atoms with Crippen LogP contribution >= 0.6 is 0 Å². The summed E-state index contributed by atoms with van der Waals surface area (Å²) in [6.45, 7) is 5.25. The van der Waals surface area contributed by atoms with Crippen molar-refractivity contribution in [3.05, 3.63) is 59.7 Å². The van der Waals surface area contributed by atoms with E-state index in [-0.39, 0.29) is 18.2 Å². The van der Waals surface area contributed by atoms with Crippen LogP contribution in [0.1, 0.15) is 29.8 Å². The van der Waals surface area contributed by atoms with E-state index in [2.05, 4.69) is 5.32 Å². The SMILES string of the molecule is CCN(CC)C(=O)c1ccc(NC(=O)Cc2ccccc2OC)cc1. The third kappa shape index (κ3) is 4.83. The number of carbonyl (C=O) groups excluding carboxylic acids is 2. The predicted molar refractivity (Wildman–Crippen MR) is 99.0 cm³/mol. The summed E-state index contributed by atoms with van der Waals surface area (Å²) in [4.78, 5) is 26.3. The van der Waals surface area contributed by atoms with Crippen LogP contribution in [0.3, 0.4) is 0 Å². The summed E-state index contributed by atoms with van der Waals surface area (Å²) in [5.74, 6) is 0.557. The average Bonchev–Trinajstić information content (AvgIpc) is 2.63. The molecular formula is C20H24N2O3. The van der Waals surface area contributed by atoms with E-state index in [0.717, 1.165) is 5.56 Å². The molecule has 0 saturated heterocycles. The highest BCUT2D eigenvalue weighted by Gasteiger charge is 2.13. The highest BCUT2D eigenvalue weighted by Crippen LogP contribution is 2.19. The molecule has 0 aliphatic carbocycles. The van der Waals surface area contributed by atoms with Gasteiger partial charge in [0.05, 0.1) is 13.5 Å². The van der Waals surface area contributed by atoms with Crippen LogP contribution in [0.25, 0.3) is 0 Å². The largest absolute Gasteiger partial charge is 0.496 e. The lowest BCUT2D eigenvalue weighted by Gasteiger charge is -2.18. The van der Waals surface area contributed by atoms with Crippen LogP contribution in [-0.2, 0) is 11.2 Å². The molecule has 0 atom stereocenters. The Labute approximate surface area is 148 Å². The van der Waals surface area contributed by atoms with Gasteiger partial charge in [-0.2, -0.15) is 0 Å². The van der Waals surface area contributed by atoms with Crippen LogP contribution in [0.15, 0.2) is 48.5 Å². The molecule has 0 heterocycles. The van der Waals surface area contributed by atoms with Crippen LogP contribution < -0.4 is 10.1 Å². The smallest absolute Gasteiger partial charge is 0.253 e. The number of amides is 2. The monoisotopic (exact) mass is 340 g/mol. The van der Waals surface area contributed by atoms with Crippen LogP contribution in [0.5, 0.6) is 5.75 Å². The van der Waals surface area contributed by atoms with Crippen molar-refractivity contribution in [3.8, 4) is 5.75 Å². The van der Waals surface area contributed by atoms with E-state index in [4.69, 9.17) is 4.74 Å². The molecule has 1 N–H and O–H groups in total. The molecule has 5 nitrogen and oxygen atoms in total. The first kappa shape index (κ1) is 18.5. The Morgan fingerprint density at radius 2 is 1.64 bits per heavy atom. The normalized spacial score (nSPS) is 10.2. The first-order chi connectivity index (χ1) is 12.1. The summed E-state index contributed by atoms with van der Waals surface area (Å²) in [5, 5.41) is 2.85. The Hall–Kier alpha value is -2.82. The van der Waals surface area contributed by atoms with E-state index in [1.807, 2.05) is 38.1 Å². The maximum Gasteiger partial charge on any atom is 0.253 e. The van der Waals surface area contributed by atoms with Gasteiger partial charge in [-0.25, -0.2) is 0 Å². The fraction of sp³-hybridized carbons (Fsp3) is 0.300. The molecule has 0 unspecified atom stereocenters. The molecule has 2 aromatic carbocycles. The number of para-hydroxylation sites is 1. The summed E-state index contributed by atoms with van der Waals surface area (Å²) < 4.78 is 5.26. The van der Waals surface area contributed by atoms with Gasteiger partial charge in [-0.3, -0.25) is 9.59 Å². The number of anilines is 1. The number of nitrogens with zero attached hydrogens (tertiary/aromatic N) is 1. The van der Waals surface area contributed by atoms with E-state index in [1.165, 1.54) is 0 Å². The third-order valence-electron chi connectivity index (χ3n) is 4.01. The molecule has 0 radical (unpaired) electrons. The Morgan fingerprint density at radius 3 is 2.24 bits per heavy atom. The fourth-order valence-corrected chi connectivity index (χ4v) is 2.62. The van der Waals surface area contributed by atoms with Gasteiger partial charge in [0, 0.05) is 29.9 Å². The Kier molecular flexibility index (Phi) is 6.57. The van der Waals surface area contributed by atoms with Gasteiger partial charge < -0.3 is 15.0 Å². The number of benzene rings is 2. The highest BCUT2D eigenvalue weighted by molar-refractivity contribution is 5.96. The second-order valence-corrected chi connectivity index (χ2v) is 5.59. The van der Waals surface area contributed by atoms with E-state index in [9.17, 15) is 9.59 Å². The second kappa shape index (κ2) is 8.87. The van der Waals surface area contributed by atoms with Crippen LogP contribution in [0, 0.1) is 0 Å². The highest BCUT2D eigenvalue weighted by atomic mass is 16.5. The minimum Gasteiger partial charge on any atom is -0.496 e. The van der Waals surface area contributed by atoms with Gasteiger partial charge in [-0.15, -0.1) is 0 Å². The number of hydrogen-bond donors (Lipinski definition) is 1. The summed E-state index contributed by atoms with van der Waals surface area (Å²) >= 11 is 0. The lowest BCUT2D eigenvalue weighted by Crippen LogP contribution is -2.30. The van der Waals surface area contributed by atoms with Gasteiger partial charge in [0.15, 0.2) is 0 Å². The summed E-state index contributed by atoms with van der Waals surface area (Å²) in [5.41, 5.74) is 2.11. The van der Waals surface area contributed by atoms with Crippen molar-refractivity contribution in [3.63, 3.8) is 0 Å². The van der Waals surface area contributed by atoms with E-state index >= 15 is 0 Å². The van der Waals surface area contributed by atoms with E-state index in [1.54, 1.807) is 36.3 Å². The van der Waals surface area contributed by atoms with Crippen LogP contribution in [-0.4, -0.2) is 36.9 Å². The zero-order valence-corrected chi connectivity index (χ0v) is 14.9. The van der Waals surface area contributed by atoms with Crippen molar-refractivity contribution < 1.29 is 14.3 Å². The quantitative estimate of drug-likeness (QED) is 0.841. The topological polar surface area (TPSA) is 58.6 Å². The molecular weight excluding hydrogens is 316 g/mol. The molecule has 0 bridgehead atoms. The van der Waals surface area contributed by atoms with Crippen molar-refractivity contribution in [1.82, 2.24) is 4.90 Å². The van der Waals surface area contributed by atoms with Gasteiger partial charge in [-0.05, 0) is 44.2 Å². The second-order valence-electron chi connectivity index (χ2n) is 5.59. The lowest BCUT2D eigenvalue weighted by atomic mass is 10.1. The fourth-order valence-electron chi connectivity index (χ4n) is 2.62. The van der Waals surface area contributed by atoms with Gasteiger partial charge in [0.2, 0.25) is 5.91 Å². The minimum absolute atomic E-state index is 0.00287. The molecule has 0 fully saturated rings. The average molecular weight is 340 g/mol. The molecule has 2 amide bonds. The maximum absolute atomic E-state index is 12.3. The number of rotatable bonds is 7. The molecule has 0 spiro atoms. The Morgan fingerprint density at radius 1 is 1.00 bits per heavy atom. The first-order valence-electron chi connectivity index (χ1n) is 8.40. The van der Waals surface area contributed by atoms with Crippen molar-refractivity contribution in [2.45, 2.75) is 20.3 Å². The number of carbonyl (C=O) groups is 2. The molecule has 0 aromatic heterocycles. The minimum atomic E-state index is -0.132. The first-order valence-corrected chi connectivity index (χ1v) is 8.40. The standard InChI is InChI=1S/C20H24N2O3/c1-4-22(5-2)20(24)15-10-12-17(13-11-15)21-19(23)14-16-8-6-7-9-18(16)25-3/h6-13H,4-5,14H2,1-3H3,(H,21,23). The molecule has 0 saturated carbocycles. The van der Waals surface area contributed by atoms with E-state index < -0.39 is 0 Å². The van der Waals surface area contributed by atoms with Crippen molar-refractivity contribution in [2.75, 3.05) is 25.5 Å². The number of nitrogens with one attached hydrogen (secondary N) is 1. The number of hydrogen-bond acceptors (Lipinski definition) is 3. The molecule has 0 aliphatic heterocycles. The third-order valence-corrected chi connectivity index (χ3v) is 4.01. The number of ether oxygens (including phenoxy) is 1. The van der Waals surface area contributed by atoms with Gasteiger partial charge in [-0.1, -0.05) is 18.2 Å². The van der Waals surface area contributed by atoms with Gasteiger partial charge >= 0.3 is 0 Å². The Balaban J connectivity index is 2.01. The summed E-state index contributed by atoms with van der Waals surface area (Å²) in [6.07, 6.45) is 0.226. The zero-order chi connectivity index (χ0) is 18.2. The maximum atomic E-state index is 12.3. The predicted octanol–water partition coefficient (Wildman–Crippen LogP) is 3.36. The van der Waals surface area contributed by atoms with Crippen LogP contribution in [0.4, 0.5) is 5.69 Å². The molecule has 2 rings (SSSR count). The molecule has 25 heavy (non-hydrogen) atoms. The summed E-state index contributed by atoms with van der Waals surface area (Å²) in [7, 11) is 1.59. The van der Waals surface area contributed by atoms with Crippen molar-refractivity contribution in [2.24, 2.45) is 0 Å². The zero-order valence-electron chi connectivity index (χ0n) is 14.9. The molecule has 2 aromatic rings. The van der Waals surface area contributed by atoms with Gasteiger partial charge in [0.1, 0.15) is 5.75 Å². The summed E-state index contributed by atoms with van der Waals surface area (Å²) in [6, 6.07) is 14.4. The van der Waals surface area contributed by atoms with Crippen LogP contribution in [0.2, 0.25) is 0 Å².